The molecule has 5 nitrogen and oxygen atoms in total. The molecule has 0 heterocycles. The van der Waals surface area contributed by atoms with E-state index in [1.165, 1.54) is 0 Å². The van der Waals surface area contributed by atoms with Gasteiger partial charge in [-0.3, -0.25) is 4.79 Å². The first kappa shape index (κ1) is 20.5. The smallest absolute Gasteiger partial charge is 0.241 e. The fourth-order valence-electron chi connectivity index (χ4n) is 2.07. The van der Waals surface area contributed by atoms with E-state index in [-0.39, 0.29) is 12.5 Å². The molecule has 24 heavy (non-hydrogen) atoms. The predicted molar refractivity (Wildman–Crippen MR) is 104 cm³/mol. The third kappa shape index (κ3) is 7.81. The van der Waals surface area contributed by atoms with Crippen molar-refractivity contribution in [2.45, 2.75) is 33.2 Å². The number of hydrogen-bond acceptors (Lipinski definition) is 2. The Balaban J connectivity index is 2.68. The van der Waals surface area contributed by atoms with E-state index in [4.69, 9.17) is 0 Å². The molecule has 0 saturated heterocycles. The second kappa shape index (κ2) is 11.1. The van der Waals surface area contributed by atoms with E-state index in [2.05, 4.69) is 45.4 Å². The van der Waals surface area contributed by atoms with Crippen LogP contribution < -0.4 is 10.6 Å². The fraction of sp³-hybridized carbons (Fsp3) is 0.556. The van der Waals surface area contributed by atoms with E-state index in [9.17, 15) is 4.79 Å². The van der Waals surface area contributed by atoms with Crippen LogP contribution in [0.25, 0.3) is 0 Å². The molecule has 1 amide bonds. The highest BCUT2D eigenvalue weighted by Crippen LogP contribution is 2.11. The number of amides is 1. The summed E-state index contributed by atoms with van der Waals surface area (Å²) < 4.78 is 1.05. The van der Waals surface area contributed by atoms with Gasteiger partial charge in [0.2, 0.25) is 5.91 Å². The molecule has 1 aromatic rings. The number of benzene rings is 1. The van der Waals surface area contributed by atoms with Gasteiger partial charge in [-0.1, -0.05) is 54.8 Å². The number of nitrogens with one attached hydrogen (secondary N) is 2. The maximum absolute atomic E-state index is 11.8. The number of rotatable bonds is 8. The number of carbonyl (C=O) groups is 1. The Labute approximate surface area is 154 Å². The summed E-state index contributed by atoms with van der Waals surface area (Å²) >= 11 is 3.43. The van der Waals surface area contributed by atoms with Crippen LogP contribution in [0.4, 0.5) is 0 Å². The van der Waals surface area contributed by atoms with Crippen LogP contribution in [0.15, 0.2) is 33.7 Å². The molecule has 1 rings (SSSR count). The summed E-state index contributed by atoms with van der Waals surface area (Å²) in [5.74, 6) is 1.31. The number of halogens is 1. The van der Waals surface area contributed by atoms with E-state index >= 15 is 0 Å². The predicted octanol–water partition coefficient (Wildman–Crippen LogP) is 3.01. The van der Waals surface area contributed by atoms with Gasteiger partial charge in [-0.05, 0) is 23.6 Å². The molecule has 0 aliphatic rings. The quantitative estimate of drug-likeness (QED) is 0.524. The SMILES string of the molecule is CCC(CC)CNC(=NCc1ccc(Br)cc1)NCC(=O)N(C)C. The van der Waals surface area contributed by atoms with Gasteiger partial charge in [0.1, 0.15) is 0 Å². The van der Waals surface area contributed by atoms with E-state index in [1.54, 1.807) is 19.0 Å². The standard InChI is InChI=1S/C18H29BrN4O/c1-5-14(6-2)11-20-18(22-13-17(24)23(3)4)21-12-15-7-9-16(19)10-8-15/h7-10,14H,5-6,11-13H2,1-4H3,(H2,20,21,22). The molecule has 0 bridgehead atoms. The van der Waals surface area contributed by atoms with Crippen molar-refractivity contribution in [3.05, 3.63) is 34.3 Å². The van der Waals surface area contributed by atoms with Gasteiger partial charge in [0, 0.05) is 25.1 Å². The highest BCUT2D eigenvalue weighted by Gasteiger charge is 2.08. The Kier molecular flexibility index (Phi) is 9.45. The van der Waals surface area contributed by atoms with E-state index < -0.39 is 0 Å². The van der Waals surface area contributed by atoms with Crippen LogP contribution in [-0.2, 0) is 11.3 Å². The lowest BCUT2D eigenvalue weighted by Crippen LogP contribution is -2.44. The van der Waals surface area contributed by atoms with Crippen molar-refractivity contribution in [1.29, 1.82) is 0 Å². The maximum atomic E-state index is 11.8. The van der Waals surface area contributed by atoms with Crippen LogP contribution in [-0.4, -0.2) is 44.0 Å². The van der Waals surface area contributed by atoms with Crippen molar-refractivity contribution in [2.75, 3.05) is 27.2 Å². The summed E-state index contributed by atoms with van der Waals surface area (Å²) in [6.07, 6.45) is 2.25. The first-order valence-corrected chi connectivity index (χ1v) is 9.22. The highest BCUT2D eigenvalue weighted by atomic mass is 79.9. The van der Waals surface area contributed by atoms with Gasteiger partial charge in [0.05, 0.1) is 13.1 Å². The molecule has 0 fully saturated rings. The number of nitrogens with zero attached hydrogens (tertiary/aromatic N) is 2. The monoisotopic (exact) mass is 396 g/mol. The number of guanidine groups is 1. The summed E-state index contributed by atoms with van der Waals surface area (Å²) in [5, 5.41) is 6.48. The van der Waals surface area contributed by atoms with E-state index in [1.807, 2.05) is 24.3 Å². The molecule has 1 aromatic carbocycles. The lowest BCUT2D eigenvalue weighted by molar-refractivity contribution is -0.127. The van der Waals surface area contributed by atoms with Gasteiger partial charge in [-0.15, -0.1) is 0 Å². The number of carbonyl (C=O) groups excluding carboxylic acids is 1. The topological polar surface area (TPSA) is 56.7 Å². The Morgan fingerprint density at radius 1 is 1.17 bits per heavy atom. The zero-order chi connectivity index (χ0) is 17.9. The van der Waals surface area contributed by atoms with Crippen molar-refractivity contribution < 1.29 is 4.79 Å². The van der Waals surface area contributed by atoms with Gasteiger partial charge in [0.25, 0.3) is 0 Å². The molecular formula is C18H29BrN4O. The average molecular weight is 397 g/mol. The molecule has 134 valence electrons. The molecule has 0 radical (unpaired) electrons. The first-order chi connectivity index (χ1) is 11.5. The molecule has 6 heteroatoms. The maximum Gasteiger partial charge on any atom is 0.241 e. The van der Waals surface area contributed by atoms with E-state index in [0.717, 1.165) is 29.4 Å². The molecule has 0 spiro atoms. The lowest BCUT2D eigenvalue weighted by Gasteiger charge is -2.18. The molecule has 0 unspecified atom stereocenters. The second-order valence-corrected chi connectivity index (χ2v) is 6.91. The Hall–Kier alpha value is -1.56. The third-order valence-electron chi connectivity index (χ3n) is 3.95. The zero-order valence-electron chi connectivity index (χ0n) is 15.1. The van der Waals surface area contributed by atoms with Crippen molar-refractivity contribution in [2.24, 2.45) is 10.9 Å². The summed E-state index contributed by atoms with van der Waals surface area (Å²) in [5.41, 5.74) is 1.13. The Morgan fingerprint density at radius 2 is 1.79 bits per heavy atom. The zero-order valence-corrected chi connectivity index (χ0v) is 16.7. The van der Waals surface area contributed by atoms with Crippen molar-refractivity contribution in [1.82, 2.24) is 15.5 Å². The van der Waals surface area contributed by atoms with Gasteiger partial charge < -0.3 is 15.5 Å². The van der Waals surface area contributed by atoms with Crippen LogP contribution in [0, 0.1) is 5.92 Å². The van der Waals surface area contributed by atoms with Gasteiger partial charge in [-0.2, -0.15) is 0 Å². The third-order valence-corrected chi connectivity index (χ3v) is 4.48. The second-order valence-electron chi connectivity index (χ2n) is 6.00. The Bertz CT molecular complexity index is 524. The minimum Gasteiger partial charge on any atom is -0.356 e. The normalized spacial score (nSPS) is 11.5. The van der Waals surface area contributed by atoms with E-state index in [0.29, 0.717) is 18.4 Å². The highest BCUT2D eigenvalue weighted by molar-refractivity contribution is 9.10. The number of aliphatic imine (C=N–C) groups is 1. The summed E-state index contributed by atoms with van der Waals surface area (Å²) in [6, 6.07) is 8.09. The minimum absolute atomic E-state index is 0.0238. The van der Waals surface area contributed by atoms with Crippen LogP contribution in [0.2, 0.25) is 0 Å². The van der Waals surface area contributed by atoms with Gasteiger partial charge in [0.15, 0.2) is 5.96 Å². The van der Waals surface area contributed by atoms with Crippen molar-refractivity contribution in [3.63, 3.8) is 0 Å². The van der Waals surface area contributed by atoms with Crippen LogP contribution in [0.3, 0.4) is 0 Å². The fourth-order valence-corrected chi connectivity index (χ4v) is 2.33. The molecule has 0 aliphatic carbocycles. The molecule has 0 aliphatic heterocycles. The van der Waals surface area contributed by atoms with Crippen LogP contribution in [0.5, 0.6) is 0 Å². The molecule has 0 atom stereocenters. The largest absolute Gasteiger partial charge is 0.356 e. The van der Waals surface area contributed by atoms with Gasteiger partial charge in [-0.25, -0.2) is 4.99 Å². The molecule has 2 N–H and O–H groups in total. The number of likely N-dealkylation sites (N-methyl/N-ethyl adjacent to an activating group) is 1. The van der Waals surface area contributed by atoms with Crippen molar-refractivity contribution in [3.8, 4) is 0 Å². The average Bonchev–Trinajstić information content (AvgIpc) is 2.58. The first-order valence-electron chi connectivity index (χ1n) is 8.43. The lowest BCUT2D eigenvalue weighted by atomic mass is 10.0. The number of hydrogen-bond donors (Lipinski definition) is 2. The molecule has 0 aromatic heterocycles. The summed E-state index contributed by atoms with van der Waals surface area (Å²) in [6.45, 7) is 6.05. The summed E-state index contributed by atoms with van der Waals surface area (Å²) in [4.78, 5) is 18.0. The van der Waals surface area contributed by atoms with Crippen LogP contribution in [0.1, 0.15) is 32.3 Å². The minimum atomic E-state index is 0.0238. The van der Waals surface area contributed by atoms with Crippen molar-refractivity contribution >= 4 is 27.8 Å². The molecule has 0 saturated carbocycles. The Morgan fingerprint density at radius 3 is 2.33 bits per heavy atom. The van der Waals surface area contributed by atoms with Gasteiger partial charge >= 0.3 is 0 Å². The summed E-state index contributed by atoms with van der Waals surface area (Å²) in [7, 11) is 3.50. The molecular weight excluding hydrogens is 368 g/mol. The van der Waals surface area contributed by atoms with Crippen LogP contribution >= 0.6 is 15.9 Å².